The Morgan fingerprint density at radius 1 is 1.64 bits per heavy atom. The van der Waals surface area contributed by atoms with E-state index in [1.807, 2.05) is 10.7 Å². The predicted octanol–water partition coefficient (Wildman–Crippen LogP) is 0.824. The number of aromatic amines is 1. The molecule has 1 aliphatic carbocycles. The zero-order valence-corrected chi connectivity index (χ0v) is 7.62. The number of nitrogens with one attached hydrogen (secondary N) is 2. The molecule has 2 heterocycles. The van der Waals surface area contributed by atoms with E-state index < -0.39 is 0 Å². The van der Waals surface area contributed by atoms with Gasteiger partial charge in [0.25, 0.3) is 0 Å². The van der Waals surface area contributed by atoms with Crippen LogP contribution in [0.2, 0.25) is 0 Å². The first-order chi connectivity index (χ1) is 6.77. The van der Waals surface area contributed by atoms with Crippen molar-refractivity contribution in [2.75, 3.05) is 0 Å². The van der Waals surface area contributed by atoms with Gasteiger partial charge in [-0.25, -0.2) is 9.50 Å². The maximum absolute atomic E-state index is 7.54. The summed E-state index contributed by atoms with van der Waals surface area (Å²) in [7, 11) is 0. The molecule has 0 bridgehead atoms. The SMILES string of the molecule is N=C(N)c1c(C2CC2)[nH]n2ccnc12. The summed E-state index contributed by atoms with van der Waals surface area (Å²) in [5, 5.41) is 10.8. The summed E-state index contributed by atoms with van der Waals surface area (Å²) in [6.45, 7) is 0. The quantitative estimate of drug-likeness (QED) is 0.483. The Hall–Kier alpha value is -1.78. The number of rotatable bonds is 2. The van der Waals surface area contributed by atoms with E-state index in [4.69, 9.17) is 11.1 Å². The molecule has 0 amide bonds. The van der Waals surface area contributed by atoms with Gasteiger partial charge in [0.15, 0.2) is 5.65 Å². The first-order valence-electron chi connectivity index (χ1n) is 4.66. The van der Waals surface area contributed by atoms with E-state index in [1.165, 1.54) is 12.8 Å². The summed E-state index contributed by atoms with van der Waals surface area (Å²) in [5.41, 5.74) is 8.17. The normalized spacial score (nSPS) is 16.3. The van der Waals surface area contributed by atoms with Gasteiger partial charge in [-0.05, 0) is 12.8 Å². The van der Waals surface area contributed by atoms with Gasteiger partial charge < -0.3 is 5.73 Å². The lowest BCUT2D eigenvalue weighted by atomic mass is 10.1. The number of fused-ring (bicyclic) bond motifs is 1. The molecule has 14 heavy (non-hydrogen) atoms. The topological polar surface area (TPSA) is 83.0 Å². The maximum atomic E-state index is 7.54. The average molecular weight is 189 g/mol. The lowest BCUT2D eigenvalue weighted by molar-refractivity contribution is 0.897. The van der Waals surface area contributed by atoms with Crippen LogP contribution < -0.4 is 5.73 Å². The van der Waals surface area contributed by atoms with E-state index >= 15 is 0 Å². The molecule has 3 rings (SSSR count). The predicted molar refractivity (Wildman–Crippen MR) is 52.5 cm³/mol. The second-order valence-corrected chi connectivity index (χ2v) is 3.71. The second-order valence-electron chi connectivity index (χ2n) is 3.71. The molecule has 0 atom stereocenters. The van der Waals surface area contributed by atoms with Crippen molar-refractivity contribution in [2.45, 2.75) is 18.8 Å². The molecule has 1 fully saturated rings. The second kappa shape index (κ2) is 2.37. The highest BCUT2D eigenvalue weighted by atomic mass is 15.3. The van der Waals surface area contributed by atoms with Crippen molar-refractivity contribution in [3.8, 4) is 0 Å². The fourth-order valence-corrected chi connectivity index (χ4v) is 1.82. The van der Waals surface area contributed by atoms with Gasteiger partial charge >= 0.3 is 0 Å². The molecule has 5 nitrogen and oxygen atoms in total. The number of amidine groups is 1. The zero-order chi connectivity index (χ0) is 9.71. The Balaban J connectivity index is 2.31. The van der Waals surface area contributed by atoms with Crippen molar-refractivity contribution < 1.29 is 0 Å². The molecule has 0 aliphatic heterocycles. The minimum Gasteiger partial charge on any atom is -0.384 e. The molecule has 5 heteroatoms. The first kappa shape index (κ1) is 7.61. The van der Waals surface area contributed by atoms with Gasteiger partial charge in [0.05, 0.1) is 5.56 Å². The molecule has 0 saturated heterocycles. The summed E-state index contributed by atoms with van der Waals surface area (Å²) in [4.78, 5) is 4.18. The van der Waals surface area contributed by atoms with Crippen molar-refractivity contribution in [3.63, 3.8) is 0 Å². The first-order valence-corrected chi connectivity index (χ1v) is 4.66. The van der Waals surface area contributed by atoms with Crippen molar-refractivity contribution >= 4 is 11.5 Å². The molecule has 0 spiro atoms. The van der Waals surface area contributed by atoms with Crippen LogP contribution in [-0.4, -0.2) is 20.4 Å². The van der Waals surface area contributed by atoms with Crippen LogP contribution in [0.25, 0.3) is 5.65 Å². The summed E-state index contributed by atoms with van der Waals surface area (Å²) in [6.07, 6.45) is 5.91. The zero-order valence-electron chi connectivity index (χ0n) is 7.62. The highest BCUT2D eigenvalue weighted by Crippen LogP contribution is 2.41. The minimum atomic E-state index is 0.101. The molecule has 1 saturated carbocycles. The third-order valence-electron chi connectivity index (χ3n) is 2.63. The van der Waals surface area contributed by atoms with Gasteiger partial charge in [0.1, 0.15) is 5.84 Å². The van der Waals surface area contributed by atoms with Crippen LogP contribution in [0.4, 0.5) is 0 Å². The number of nitrogen functional groups attached to an aromatic ring is 1. The number of aromatic nitrogens is 3. The third-order valence-corrected chi connectivity index (χ3v) is 2.63. The highest BCUT2D eigenvalue weighted by Gasteiger charge is 2.30. The lowest BCUT2D eigenvalue weighted by Crippen LogP contribution is -2.12. The van der Waals surface area contributed by atoms with Crippen LogP contribution in [0.5, 0.6) is 0 Å². The Labute approximate surface area is 80.4 Å². The van der Waals surface area contributed by atoms with Gasteiger partial charge in [0.2, 0.25) is 0 Å². The fraction of sp³-hybridized carbons (Fsp3) is 0.333. The molecule has 0 radical (unpaired) electrons. The van der Waals surface area contributed by atoms with Crippen LogP contribution in [0, 0.1) is 5.41 Å². The molecule has 0 unspecified atom stereocenters. The van der Waals surface area contributed by atoms with Gasteiger partial charge in [-0.1, -0.05) is 0 Å². The summed E-state index contributed by atoms with van der Waals surface area (Å²) in [5.74, 6) is 0.653. The molecular weight excluding hydrogens is 178 g/mol. The van der Waals surface area contributed by atoms with Crippen LogP contribution >= 0.6 is 0 Å². The Bertz CT molecular complexity index is 502. The van der Waals surface area contributed by atoms with Crippen LogP contribution in [0.15, 0.2) is 12.4 Å². The Morgan fingerprint density at radius 2 is 2.43 bits per heavy atom. The summed E-state index contributed by atoms with van der Waals surface area (Å²) >= 11 is 0. The van der Waals surface area contributed by atoms with Gasteiger partial charge in [-0.2, -0.15) is 0 Å². The molecule has 2 aromatic heterocycles. The average Bonchev–Trinajstić information content (AvgIpc) is 2.75. The Morgan fingerprint density at radius 3 is 3.07 bits per heavy atom. The third kappa shape index (κ3) is 0.891. The smallest absolute Gasteiger partial charge is 0.164 e. The Kier molecular flexibility index (Phi) is 1.29. The molecular formula is C9H11N5. The molecule has 4 N–H and O–H groups in total. The van der Waals surface area contributed by atoms with Crippen LogP contribution in [0.1, 0.15) is 30.0 Å². The molecule has 2 aromatic rings. The van der Waals surface area contributed by atoms with Gasteiger partial charge in [0, 0.05) is 24.0 Å². The fourth-order valence-electron chi connectivity index (χ4n) is 1.82. The van der Waals surface area contributed by atoms with E-state index in [9.17, 15) is 0 Å². The van der Waals surface area contributed by atoms with E-state index in [-0.39, 0.29) is 5.84 Å². The number of nitrogens with zero attached hydrogens (tertiary/aromatic N) is 2. The van der Waals surface area contributed by atoms with Crippen molar-refractivity contribution in [3.05, 3.63) is 23.7 Å². The number of nitrogens with two attached hydrogens (primary N) is 1. The largest absolute Gasteiger partial charge is 0.384 e. The molecule has 1 aliphatic rings. The number of H-pyrrole nitrogens is 1. The summed E-state index contributed by atoms with van der Waals surface area (Å²) < 4.78 is 1.82. The standard InChI is InChI=1S/C9H11N5/c10-8(11)6-7(5-1-2-5)13-14-4-3-12-9(6)14/h3-5,13H,1-2H2,(H3,10,11). The molecule has 0 aromatic carbocycles. The van der Waals surface area contributed by atoms with E-state index in [0.29, 0.717) is 5.92 Å². The number of imidazole rings is 1. The minimum absolute atomic E-state index is 0.101. The monoisotopic (exact) mass is 189 g/mol. The van der Waals surface area contributed by atoms with Crippen LogP contribution in [-0.2, 0) is 0 Å². The van der Waals surface area contributed by atoms with Crippen molar-refractivity contribution in [2.24, 2.45) is 5.73 Å². The maximum Gasteiger partial charge on any atom is 0.164 e. The van der Waals surface area contributed by atoms with E-state index in [2.05, 4.69) is 10.1 Å². The van der Waals surface area contributed by atoms with Crippen molar-refractivity contribution in [1.29, 1.82) is 5.41 Å². The van der Waals surface area contributed by atoms with E-state index in [1.54, 1.807) is 6.20 Å². The van der Waals surface area contributed by atoms with Crippen LogP contribution in [0.3, 0.4) is 0 Å². The number of hydrogen-bond donors (Lipinski definition) is 3. The number of hydrogen-bond acceptors (Lipinski definition) is 2. The lowest BCUT2D eigenvalue weighted by Gasteiger charge is -1.97. The molecule has 72 valence electrons. The highest BCUT2D eigenvalue weighted by molar-refractivity contribution is 6.02. The van der Waals surface area contributed by atoms with Gasteiger partial charge in [-0.15, -0.1) is 0 Å². The summed E-state index contributed by atoms with van der Waals surface area (Å²) in [6, 6.07) is 0. The van der Waals surface area contributed by atoms with Gasteiger partial charge in [-0.3, -0.25) is 10.5 Å². The van der Waals surface area contributed by atoms with E-state index in [0.717, 1.165) is 16.9 Å². The van der Waals surface area contributed by atoms with Crippen molar-refractivity contribution in [1.82, 2.24) is 14.6 Å².